The maximum absolute atomic E-state index is 5.24. The highest BCUT2D eigenvalue weighted by molar-refractivity contribution is 6.04. The summed E-state index contributed by atoms with van der Waals surface area (Å²) in [4.78, 5) is 20.6. The fraction of sp³-hybridized carbons (Fsp3) is 0. The van der Waals surface area contributed by atoms with Gasteiger partial charge in [0.25, 0.3) is 0 Å². The average Bonchev–Trinajstić information content (AvgIpc) is 3.23. The van der Waals surface area contributed by atoms with Gasteiger partial charge in [-0.05, 0) is 52.2 Å². The van der Waals surface area contributed by atoms with E-state index in [9.17, 15) is 0 Å². The van der Waals surface area contributed by atoms with E-state index in [1.807, 2.05) is 18.2 Å². The molecule has 0 N–H and O–H groups in total. The molecule has 242 valence electrons. The smallest absolute Gasteiger partial charge is 0.160 e. The summed E-state index contributed by atoms with van der Waals surface area (Å²) >= 11 is 0. The number of pyridine rings is 2. The maximum Gasteiger partial charge on any atom is 0.160 e. The summed E-state index contributed by atoms with van der Waals surface area (Å²) in [5.41, 5.74) is 11.8. The topological polar surface area (TPSA) is 51.6 Å². The first-order valence-corrected chi connectivity index (χ1v) is 17.5. The molecule has 0 saturated heterocycles. The molecular formula is C48H30N4. The van der Waals surface area contributed by atoms with Crippen LogP contribution in [0.15, 0.2) is 182 Å². The quantitative estimate of drug-likeness (QED) is 0.172. The molecule has 0 amide bonds. The number of fused-ring (bicyclic) bond motifs is 5. The zero-order valence-electron chi connectivity index (χ0n) is 28.1. The van der Waals surface area contributed by atoms with Crippen LogP contribution in [0.5, 0.6) is 0 Å². The Morgan fingerprint density at radius 2 is 0.827 bits per heavy atom. The molecule has 10 aromatic rings. The second kappa shape index (κ2) is 12.4. The molecule has 0 aliphatic rings. The van der Waals surface area contributed by atoms with Crippen molar-refractivity contribution in [2.75, 3.05) is 0 Å². The molecule has 7 aromatic carbocycles. The highest BCUT2D eigenvalue weighted by Gasteiger charge is 2.14. The highest BCUT2D eigenvalue weighted by Crippen LogP contribution is 2.34. The molecule has 4 heteroatoms. The Balaban J connectivity index is 1.05. The zero-order chi connectivity index (χ0) is 34.4. The molecule has 3 aromatic heterocycles. The summed E-state index contributed by atoms with van der Waals surface area (Å²) in [5.74, 6) is 0.676. The van der Waals surface area contributed by atoms with Crippen molar-refractivity contribution in [1.29, 1.82) is 0 Å². The SMILES string of the molecule is c1ccc(-c2ccc(-c3nc(-c4cccc(-c5ccc6ccc7ccc(-c8ccc9ccccc9c8)nc7c6n5)c4)nc4ccccc34)cc2)cc1. The van der Waals surface area contributed by atoms with Crippen LogP contribution < -0.4 is 0 Å². The number of benzene rings is 7. The third-order valence-electron chi connectivity index (χ3n) is 9.85. The number of para-hydroxylation sites is 1. The monoisotopic (exact) mass is 662 g/mol. The molecule has 0 bridgehead atoms. The molecule has 0 saturated carbocycles. The maximum atomic E-state index is 5.24. The molecule has 0 radical (unpaired) electrons. The summed E-state index contributed by atoms with van der Waals surface area (Å²) in [6.07, 6.45) is 0. The van der Waals surface area contributed by atoms with Crippen LogP contribution in [0, 0.1) is 0 Å². The molecular weight excluding hydrogens is 633 g/mol. The van der Waals surface area contributed by atoms with Crippen molar-refractivity contribution in [2.24, 2.45) is 0 Å². The van der Waals surface area contributed by atoms with E-state index in [1.54, 1.807) is 0 Å². The lowest BCUT2D eigenvalue weighted by atomic mass is 10.0. The Kier molecular flexibility index (Phi) is 7.10. The third kappa shape index (κ3) is 5.34. The van der Waals surface area contributed by atoms with Crippen LogP contribution in [0.3, 0.4) is 0 Å². The van der Waals surface area contributed by atoms with Gasteiger partial charge in [0.05, 0.1) is 33.6 Å². The minimum Gasteiger partial charge on any atom is -0.245 e. The molecule has 10 rings (SSSR count). The number of aromatic nitrogens is 4. The first kappa shape index (κ1) is 29.8. The molecule has 4 nitrogen and oxygen atoms in total. The van der Waals surface area contributed by atoms with Gasteiger partial charge in [-0.3, -0.25) is 0 Å². The second-order valence-corrected chi connectivity index (χ2v) is 13.1. The Morgan fingerprint density at radius 1 is 0.288 bits per heavy atom. The largest absolute Gasteiger partial charge is 0.245 e. The Hall–Kier alpha value is -7.04. The molecule has 0 atom stereocenters. The van der Waals surface area contributed by atoms with Crippen molar-refractivity contribution in [3.63, 3.8) is 0 Å². The van der Waals surface area contributed by atoms with Crippen LogP contribution in [0.4, 0.5) is 0 Å². The van der Waals surface area contributed by atoms with Crippen LogP contribution in [-0.2, 0) is 0 Å². The van der Waals surface area contributed by atoms with Gasteiger partial charge in [0.2, 0.25) is 0 Å². The highest BCUT2D eigenvalue weighted by atomic mass is 14.9. The van der Waals surface area contributed by atoms with Crippen LogP contribution in [0.1, 0.15) is 0 Å². The minimum absolute atomic E-state index is 0.676. The van der Waals surface area contributed by atoms with E-state index in [4.69, 9.17) is 19.9 Å². The van der Waals surface area contributed by atoms with Gasteiger partial charge >= 0.3 is 0 Å². The van der Waals surface area contributed by atoms with E-state index in [1.165, 1.54) is 21.9 Å². The lowest BCUT2D eigenvalue weighted by Gasteiger charge is -2.11. The van der Waals surface area contributed by atoms with Crippen molar-refractivity contribution in [1.82, 2.24) is 19.9 Å². The lowest BCUT2D eigenvalue weighted by molar-refractivity contribution is 1.23. The minimum atomic E-state index is 0.676. The Labute approximate surface area is 300 Å². The van der Waals surface area contributed by atoms with Crippen molar-refractivity contribution >= 4 is 43.5 Å². The number of rotatable bonds is 5. The number of hydrogen-bond donors (Lipinski definition) is 0. The van der Waals surface area contributed by atoms with Gasteiger partial charge < -0.3 is 0 Å². The molecule has 0 aliphatic heterocycles. The second-order valence-electron chi connectivity index (χ2n) is 13.1. The van der Waals surface area contributed by atoms with Gasteiger partial charge in [0, 0.05) is 38.4 Å². The van der Waals surface area contributed by atoms with E-state index in [0.29, 0.717) is 5.82 Å². The van der Waals surface area contributed by atoms with Crippen LogP contribution >= 0.6 is 0 Å². The van der Waals surface area contributed by atoms with E-state index in [2.05, 4.69) is 164 Å². The lowest BCUT2D eigenvalue weighted by Crippen LogP contribution is -1.96. The molecule has 0 aliphatic carbocycles. The summed E-state index contributed by atoms with van der Waals surface area (Å²) in [5, 5.41) is 5.55. The fourth-order valence-electron chi connectivity index (χ4n) is 7.13. The van der Waals surface area contributed by atoms with Crippen LogP contribution in [0.25, 0.3) is 99.8 Å². The molecule has 3 heterocycles. The van der Waals surface area contributed by atoms with Gasteiger partial charge in [-0.1, -0.05) is 152 Å². The fourth-order valence-corrected chi connectivity index (χ4v) is 7.13. The number of nitrogens with zero attached hydrogens (tertiary/aromatic N) is 4. The average molecular weight is 663 g/mol. The van der Waals surface area contributed by atoms with E-state index >= 15 is 0 Å². The van der Waals surface area contributed by atoms with E-state index in [-0.39, 0.29) is 0 Å². The van der Waals surface area contributed by atoms with Crippen LogP contribution in [-0.4, -0.2) is 19.9 Å². The Morgan fingerprint density at radius 3 is 1.60 bits per heavy atom. The zero-order valence-corrected chi connectivity index (χ0v) is 28.1. The normalized spacial score (nSPS) is 11.5. The predicted octanol–water partition coefficient (Wildman–Crippen LogP) is 12.2. The first-order valence-electron chi connectivity index (χ1n) is 17.5. The summed E-state index contributed by atoms with van der Waals surface area (Å²) < 4.78 is 0. The Bertz CT molecular complexity index is 2950. The molecule has 0 unspecified atom stereocenters. The van der Waals surface area contributed by atoms with Gasteiger partial charge in [-0.25, -0.2) is 19.9 Å². The van der Waals surface area contributed by atoms with Gasteiger partial charge in [-0.2, -0.15) is 0 Å². The summed E-state index contributed by atoms with van der Waals surface area (Å²) in [6, 6.07) is 63.3. The predicted molar refractivity (Wildman–Crippen MR) is 215 cm³/mol. The summed E-state index contributed by atoms with van der Waals surface area (Å²) in [6.45, 7) is 0. The summed E-state index contributed by atoms with van der Waals surface area (Å²) in [7, 11) is 0. The number of hydrogen-bond acceptors (Lipinski definition) is 4. The van der Waals surface area contributed by atoms with Crippen molar-refractivity contribution in [2.45, 2.75) is 0 Å². The van der Waals surface area contributed by atoms with Crippen molar-refractivity contribution < 1.29 is 0 Å². The van der Waals surface area contributed by atoms with E-state index in [0.717, 1.165) is 72.0 Å². The van der Waals surface area contributed by atoms with Crippen molar-refractivity contribution in [3.8, 4) is 56.3 Å². The van der Waals surface area contributed by atoms with Crippen molar-refractivity contribution in [3.05, 3.63) is 182 Å². The molecule has 52 heavy (non-hydrogen) atoms. The van der Waals surface area contributed by atoms with E-state index < -0.39 is 0 Å². The van der Waals surface area contributed by atoms with Gasteiger partial charge in [-0.15, -0.1) is 0 Å². The van der Waals surface area contributed by atoms with Gasteiger partial charge in [0.1, 0.15) is 0 Å². The molecule has 0 spiro atoms. The molecule has 0 fully saturated rings. The first-order chi connectivity index (χ1) is 25.7. The standard InChI is InChI=1S/C48H30N4/c1-2-9-31(10-3-1)33-17-20-34(21-18-33)45-41-15-6-7-16-44(41)51-48(52-45)40-14-8-13-38(30-40)42-27-25-35-22-23-36-26-28-43(50-47(36)46(35)49-42)39-24-19-32-11-4-5-12-37(32)29-39/h1-30H. The van der Waals surface area contributed by atoms with Gasteiger partial charge in [0.15, 0.2) is 5.82 Å². The van der Waals surface area contributed by atoms with Crippen LogP contribution in [0.2, 0.25) is 0 Å². The third-order valence-corrected chi connectivity index (χ3v) is 9.85.